The number of hydrogen-bond donors (Lipinski definition) is 0. The van der Waals surface area contributed by atoms with Crippen molar-refractivity contribution in [2.45, 2.75) is 13.8 Å². The Bertz CT molecular complexity index is 1120. The van der Waals surface area contributed by atoms with E-state index in [9.17, 15) is 0 Å². The van der Waals surface area contributed by atoms with Crippen molar-refractivity contribution in [2.75, 3.05) is 0 Å². The molecule has 0 aliphatic carbocycles. The molecule has 2 aromatic carbocycles. The van der Waals surface area contributed by atoms with Crippen LogP contribution in [0.25, 0.3) is 0 Å². The van der Waals surface area contributed by atoms with Crippen molar-refractivity contribution in [3.05, 3.63) is 51.7 Å². The molecule has 168 valence electrons. The molecular formula is C16H6Cl8O6P-. The van der Waals surface area contributed by atoms with Crippen LogP contribution in [0.15, 0.2) is 11.5 Å². The number of benzene rings is 2. The van der Waals surface area contributed by atoms with Gasteiger partial charge in [-0.1, -0.05) is 0 Å². The molecule has 0 saturated heterocycles. The van der Waals surface area contributed by atoms with Crippen molar-refractivity contribution in [1.82, 2.24) is 0 Å². The van der Waals surface area contributed by atoms with E-state index in [2.05, 4.69) is 0 Å². The van der Waals surface area contributed by atoms with E-state index in [1.165, 1.54) is 0 Å². The van der Waals surface area contributed by atoms with Crippen LogP contribution in [0.2, 0.25) is 40.2 Å². The van der Waals surface area contributed by atoms with Crippen molar-refractivity contribution in [2.24, 2.45) is 0 Å². The van der Waals surface area contributed by atoms with E-state index < -0.39 is 7.31 Å². The van der Waals surface area contributed by atoms with Gasteiger partial charge in [0, 0.05) is 0 Å². The fourth-order valence-electron chi connectivity index (χ4n) is 3.22. The second kappa shape index (κ2) is 6.24. The Labute approximate surface area is 214 Å². The van der Waals surface area contributed by atoms with Gasteiger partial charge in [0.2, 0.25) is 0 Å². The number of fused-ring (bicyclic) bond motifs is 2. The Kier molecular flexibility index (Phi) is 4.53. The Balaban J connectivity index is 1.84. The fourth-order valence-corrected chi connectivity index (χ4v) is 9.35. The van der Waals surface area contributed by atoms with Crippen LogP contribution in [0, 0.1) is 0 Å². The number of hydrogen-bond acceptors (Lipinski definition) is 6. The van der Waals surface area contributed by atoms with Gasteiger partial charge in [-0.3, -0.25) is 0 Å². The standard InChI is InChI=1S/C16H6Cl8O6P/c1-3-4(2)26-31(25-3,27-13-9(21)5(17)6(18)10(22)14(13)28-31)29-15-11(23)7(19)8(20)12(24)16(15)30-31/h1-2H3/q-1. The van der Waals surface area contributed by atoms with E-state index in [4.69, 9.17) is 120 Å². The third kappa shape index (κ3) is 2.60. The zero-order chi connectivity index (χ0) is 22.7. The van der Waals surface area contributed by atoms with Gasteiger partial charge in [0.15, 0.2) is 0 Å². The van der Waals surface area contributed by atoms with Crippen LogP contribution in [-0.4, -0.2) is 0 Å². The summed E-state index contributed by atoms with van der Waals surface area (Å²) >= 11 is 50.1. The zero-order valence-electron chi connectivity index (χ0n) is 14.9. The van der Waals surface area contributed by atoms with Gasteiger partial charge in [-0.05, 0) is 0 Å². The molecule has 0 atom stereocenters. The molecule has 3 aliphatic rings. The Hall–Kier alpha value is -0.270. The topological polar surface area (TPSA) is 55.4 Å². The molecule has 31 heavy (non-hydrogen) atoms. The van der Waals surface area contributed by atoms with E-state index in [1.54, 1.807) is 13.8 Å². The van der Waals surface area contributed by atoms with E-state index in [0.29, 0.717) is 0 Å². The molecule has 0 bridgehead atoms. The van der Waals surface area contributed by atoms with Crippen LogP contribution >= 0.6 is 100 Å². The average Bonchev–Trinajstić information content (AvgIpc) is 3.28. The second-order valence-electron chi connectivity index (χ2n) is 6.61. The van der Waals surface area contributed by atoms with E-state index in [-0.39, 0.29) is 74.7 Å². The van der Waals surface area contributed by atoms with E-state index >= 15 is 0 Å². The van der Waals surface area contributed by atoms with Gasteiger partial charge in [-0.15, -0.1) is 0 Å². The van der Waals surface area contributed by atoms with Crippen molar-refractivity contribution >= 4 is 100 Å². The molecule has 0 aromatic heterocycles. The summed E-state index contributed by atoms with van der Waals surface area (Å²) in [5, 5.41) is -1.06. The number of allylic oxidation sites excluding steroid dienone is 2. The number of rotatable bonds is 0. The summed E-state index contributed by atoms with van der Waals surface area (Å²) < 4.78 is 36.3. The summed E-state index contributed by atoms with van der Waals surface area (Å²) in [5.74, 6) is -0.393. The Morgan fingerprint density at radius 1 is 0.387 bits per heavy atom. The van der Waals surface area contributed by atoms with Crippen LogP contribution in [0.5, 0.6) is 23.0 Å². The van der Waals surface area contributed by atoms with Gasteiger partial charge in [0.05, 0.1) is 0 Å². The van der Waals surface area contributed by atoms with Crippen molar-refractivity contribution in [3.8, 4) is 23.0 Å². The summed E-state index contributed by atoms with van der Waals surface area (Å²) in [6, 6.07) is 0. The van der Waals surface area contributed by atoms with Crippen molar-refractivity contribution < 1.29 is 27.1 Å². The third-order valence-corrected chi connectivity index (χ3v) is 11.7. The maximum absolute atomic E-state index is 6.34. The molecule has 0 saturated carbocycles. The molecule has 0 amide bonds. The van der Waals surface area contributed by atoms with Gasteiger partial charge in [0.25, 0.3) is 0 Å². The minimum absolute atomic E-state index is 0.107. The first-order valence-electron chi connectivity index (χ1n) is 8.08. The van der Waals surface area contributed by atoms with Gasteiger partial charge < -0.3 is 0 Å². The first-order chi connectivity index (χ1) is 14.3. The normalized spacial score (nSPS) is 22.6. The van der Waals surface area contributed by atoms with Crippen molar-refractivity contribution in [3.63, 3.8) is 0 Å². The number of halogens is 8. The van der Waals surface area contributed by atoms with Crippen LogP contribution < -0.4 is 18.1 Å². The molecule has 6 nitrogen and oxygen atoms in total. The zero-order valence-corrected chi connectivity index (χ0v) is 21.9. The van der Waals surface area contributed by atoms with E-state index in [0.717, 1.165) is 0 Å². The van der Waals surface area contributed by atoms with Crippen LogP contribution in [0.4, 0.5) is 0 Å². The molecule has 1 spiro atoms. The molecule has 0 fully saturated rings. The Morgan fingerprint density at radius 3 is 0.839 bits per heavy atom. The monoisotopic (exact) mass is 605 g/mol. The summed E-state index contributed by atoms with van der Waals surface area (Å²) in [5.41, 5.74) is 0. The van der Waals surface area contributed by atoms with Crippen molar-refractivity contribution in [1.29, 1.82) is 0 Å². The molecule has 15 heteroatoms. The molecule has 0 radical (unpaired) electrons. The van der Waals surface area contributed by atoms with Crippen LogP contribution in [0.3, 0.4) is 0 Å². The summed E-state index contributed by atoms with van der Waals surface area (Å²) in [7, 11) is -6.28. The third-order valence-electron chi connectivity index (χ3n) is 4.62. The first kappa shape index (κ1) is 22.5. The molecule has 2 aromatic rings. The summed E-state index contributed by atoms with van der Waals surface area (Å²) in [4.78, 5) is 0. The molecular weight excluding hydrogens is 603 g/mol. The van der Waals surface area contributed by atoms with E-state index in [1.807, 2.05) is 0 Å². The average molecular weight is 609 g/mol. The van der Waals surface area contributed by atoms with Crippen LogP contribution in [-0.2, 0) is 9.05 Å². The predicted molar refractivity (Wildman–Crippen MR) is 123 cm³/mol. The Morgan fingerprint density at radius 2 is 0.613 bits per heavy atom. The summed E-state index contributed by atoms with van der Waals surface area (Å²) in [6.45, 7) is 3.12. The minimum atomic E-state index is -6.28. The SMILES string of the molecule is CC1=C(C)O[P-]23(O1)(Oc1c(Cl)c(Cl)c(Cl)c(Cl)c1O2)Oc1c(Cl)c(Cl)c(Cl)c(Cl)c1O3. The molecule has 5 rings (SSSR count). The van der Waals surface area contributed by atoms with Crippen LogP contribution in [0.1, 0.15) is 13.8 Å². The molecule has 3 heterocycles. The molecule has 0 N–H and O–H groups in total. The van der Waals surface area contributed by atoms with Gasteiger partial charge >= 0.3 is 216 Å². The van der Waals surface area contributed by atoms with Gasteiger partial charge in [0.1, 0.15) is 0 Å². The molecule has 0 unspecified atom stereocenters. The maximum atomic E-state index is 6.34. The molecule has 3 aliphatic heterocycles. The predicted octanol–water partition coefficient (Wildman–Crippen LogP) is 10.0. The summed E-state index contributed by atoms with van der Waals surface area (Å²) in [6.07, 6.45) is 0. The quantitative estimate of drug-likeness (QED) is 0.169. The second-order valence-corrected chi connectivity index (χ2v) is 13.0. The first-order valence-corrected chi connectivity index (χ1v) is 13.3. The van der Waals surface area contributed by atoms with Gasteiger partial charge in [-0.25, -0.2) is 0 Å². The van der Waals surface area contributed by atoms with Gasteiger partial charge in [-0.2, -0.15) is 0 Å². The fraction of sp³-hybridized carbons (Fsp3) is 0.125.